The molecule has 27 heavy (non-hydrogen) atoms. The Bertz CT molecular complexity index is 887. The molecule has 2 aromatic carbocycles. The number of ether oxygens (including phenoxy) is 2. The molecule has 1 aliphatic carbocycles. The molecular formula is C19H17ClN2O5. The first-order chi connectivity index (χ1) is 13.0. The van der Waals surface area contributed by atoms with Crippen LogP contribution in [0.5, 0.6) is 0 Å². The third-order valence-electron chi connectivity index (χ3n) is 4.19. The number of halogens is 1. The van der Waals surface area contributed by atoms with Crippen molar-refractivity contribution in [2.75, 3.05) is 7.11 Å². The van der Waals surface area contributed by atoms with E-state index in [0.717, 1.165) is 12.7 Å². The smallest absolute Gasteiger partial charge is 0.428 e. The van der Waals surface area contributed by atoms with E-state index in [0.29, 0.717) is 11.1 Å². The van der Waals surface area contributed by atoms with Crippen molar-refractivity contribution in [1.29, 1.82) is 0 Å². The van der Waals surface area contributed by atoms with Crippen molar-refractivity contribution in [1.82, 2.24) is 5.43 Å². The number of hydrogen-bond acceptors (Lipinski definition) is 6. The number of rotatable bonds is 4. The molecule has 2 aromatic rings. The summed E-state index contributed by atoms with van der Waals surface area (Å²) >= 11 is 6.30. The summed E-state index contributed by atoms with van der Waals surface area (Å²) in [4.78, 5) is 24.1. The molecule has 0 radical (unpaired) electrons. The molecule has 0 saturated carbocycles. The Morgan fingerprint density at radius 3 is 2.56 bits per heavy atom. The predicted molar refractivity (Wildman–Crippen MR) is 98.3 cm³/mol. The molecule has 2 N–H and O–H groups in total. The Hall–Kier alpha value is -2.90. The second-order valence-corrected chi connectivity index (χ2v) is 6.28. The molecule has 0 saturated heterocycles. The largest absolute Gasteiger partial charge is 0.467 e. The van der Waals surface area contributed by atoms with Gasteiger partial charge in [0.25, 0.3) is 0 Å². The van der Waals surface area contributed by atoms with Gasteiger partial charge >= 0.3 is 12.1 Å². The highest BCUT2D eigenvalue weighted by Gasteiger charge is 2.56. The molecule has 0 heterocycles. The van der Waals surface area contributed by atoms with Crippen LogP contribution in [-0.4, -0.2) is 35.6 Å². The molecule has 1 amide bonds. The minimum Gasteiger partial charge on any atom is -0.467 e. The second kappa shape index (κ2) is 7.77. The normalized spacial score (nSPS) is 22.2. The van der Waals surface area contributed by atoms with Gasteiger partial charge in [-0.05, 0) is 11.1 Å². The van der Waals surface area contributed by atoms with Crippen LogP contribution >= 0.6 is 11.6 Å². The van der Waals surface area contributed by atoms with Crippen LogP contribution in [0.25, 0.3) is 0 Å². The number of nitrogens with one attached hydrogen (secondary N) is 1. The molecule has 3 rings (SSSR count). The number of nitrogens with zero attached hydrogens (tertiary/aromatic N) is 1. The highest BCUT2D eigenvalue weighted by molar-refractivity contribution is 6.34. The van der Waals surface area contributed by atoms with Gasteiger partial charge in [-0.3, -0.25) is 0 Å². The van der Waals surface area contributed by atoms with Crippen molar-refractivity contribution in [2.45, 2.75) is 17.6 Å². The summed E-state index contributed by atoms with van der Waals surface area (Å²) in [5.41, 5.74) is 1.60. The standard InChI is InChI=1S/C19H17ClN2O5/c1-26-17(23)19(25)15(20)13-9-5-6-10-14(13)16(19)21-22-18(24)27-11-12-7-3-2-4-8-12/h2-10,15,25H,11H2,1H3,(H,22,24). The van der Waals surface area contributed by atoms with Crippen LogP contribution in [0.15, 0.2) is 59.7 Å². The fourth-order valence-corrected chi connectivity index (χ4v) is 3.22. The minimum absolute atomic E-state index is 0.0491. The molecule has 0 spiro atoms. The first kappa shape index (κ1) is 18.9. The summed E-state index contributed by atoms with van der Waals surface area (Å²) in [5.74, 6) is -0.975. The van der Waals surface area contributed by atoms with Gasteiger partial charge in [-0.2, -0.15) is 5.10 Å². The van der Waals surface area contributed by atoms with E-state index >= 15 is 0 Å². The zero-order valence-corrected chi connectivity index (χ0v) is 15.1. The van der Waals surface area contributed by atoms with Crippen LogP contribution in [0.3, 0.4) is 0 Å². The summed E-state index contributed by atoms with van der Waals surface area (Å²) < 4.78 is 9.75. The van der Waals surface area contributed by atoms with Gasteiger partial charge in [-0.15, -0.1) is 11.6 Å². The van der Waals surface area contributed by atoms with Gasteiger partial charge in [0.05, 0.1) is 7.11 Å². The summed E-state index contributed by atoms with van der Waals surface area (Å²) in [7, 11) is 1.13. The Kier molecular flexibility index (Phi) is 5.43. The van der Waals surface area contributed by atoms with E-state index in [-0.39, 0.29) is 12.3 Å². The van der Waals surface area contributed by atoms with Gasteiger partial charge < -0.3 is 14.6 Å². The zero-order chi connectivity index (χ0) is 19.4. The Morgan fingerprint density at radius 1 is 1.19 bits per heavy atom. The summed E-state index contributed by atoms with van der Waals surface area (Å²) in [6.45, 7) is 0.0491. The number of esters is 1. The number of alkyl halides is 1. The first-order valence-corrected chi connectivity index (χ1v) is 8.51. The van der Waals surface area contributed by atoms with Crippen molar-refractivity contribution in [3.8, 4) is 0 Å². The molecule has 0 aromatic heterocycles. The van der Waals surface area contributed by atoms with Crippen molar-refractivity contribution >= 4 is 29.4 Å². The topological polar surface area (TPSA) is 97.2 Å². The van der Waals surface area contributed by atoms with Gasteiger partial charge in [0.15, 0.2) is 0 Å². The average molecular weight is 389 g/mol. The number of methoxy groups -OCH3 is 1. The van der Waals surface area contributed by atoms with Gasteiger partial charge in [0, 0.05) is 5.56 Å². The quantitative estimate of drug-likeness (QED) is 0.476. The summed E-state index contributed by atoms with van der Waals surface area (Å²) in [6, 6.07) is 15.8. The molecule has 140 valence electrons. The van der Waals surface area contributed by atoms with Gasteiger partial charge in [0.1, 0.15) is 17.7 Å². The van der Waals surface area contributed by atoms with Crippen LogP contribution in [-0.2, 0) is 20.9 Å². The second-order valence-electron chi connectivity index (χ2n) is 5.84. The predicted octanol–water partition coefficient (Wildman–Crippen LogP) is 2.51. The van der Waals surface area contributed by atoms with E-state index < -0.39 is 23.0 Å². The third-order valence-corrected chi connectivity index (χ3v) is 4.74. The summed E-state index contributed by atoms with van der Waals surface area (Å²) in [6.07, 6.45) is -0.839. The molecule has 0 bridgehead atoms. The number of carbonyl (C=O) groups excluding carboxylic acids is 2. The highest BCUT2D eigenvalue weighted by Crippen LogP contribution is 2.44. The number of hydrazone groups is 1. The fraction of sp³-hybridized carbons (Fsp3) is 0.211. The van der Waals surface area contributed by atoms with Gasteiger partial charge in [-0.1, -0.05) is 54.6 Å². The van der Waals surface area contributed by atoms with E-state index in [1.165, 1.54) is 0 Å². The van der Waals surface area contributed by atoms with E-state index in [1.54, 1.807) is 36.4 Å². The fourth-order valence-electron chi connectivity index (χ4n) is 2.84. The SMILES string of the molecule is COC(=O)C1(O)C(=NNC(=O)OCc2ccccc2)c2ccccc2C1Cl. The number of aliphatic hydroxyl groups is 1. The lowest BCUT2D eigenvalue weighted by Gasteiger charge is -2.23. The van der Waals surface area contributed by atoms with Crippen LogP contribution < -0.4 is 5.43 Å². The summed E-state index contributed by atoms with van der Waals surface area (Å²) in [5, 5.41) is 13.7. The number of hydrogen-bond donors (Lipinski definition) is 2. The average Bonchev–Trinajstić information content (AvgIpc) is 2.93. The number of carbonyl (C=O) groups is 2. The van der Waals surface area contributed by atoms with E-state index in [9.17, 15) is 14.7 Å². The molecule has 0 aliphatic heterocycles. The monoisotopic (exact) mass is 388 g/mol. The maximum Gasteiger partial charge on any atom is 0.428 e. The van der Waals surface area contributed by atoms with E-state index in [4.69, 9.17) is 16.3 Å². The lowest BCUT2D eigenvalue weighted by Crippen LogP contribution is -2.48. The van der Waals surface area contributed by atoms with Crippen molar-refractivity contribution in [3.63, 3.8) is 0 Å². The number of benzene rings is 2. The van der Waals surface area contributed by atoms with E-state index in [2.05, 4.69) is 15.3 Å². The van der Waals surface area contributed by atoms with E-state index in [1.807, 2.05) is 18.2 Å². The van der Waals surface area contributed by atoms with Crippen LogP contribution in [0.2, 0.25) is 0 Å². The Labute approximate surface area is 160 Å². The Morgan fingerprint density at radius 2 is 1.85 bits per heavy atom. The molecular weight excluding hydrogens is 372 g/mol. The Balaban J connectivity index is 1.81. The lowest BCUT2D eigenvalue weighted by atomic mass is 9.98. The molecule has 1 aliphatic rings. The van der Waals surface area contributed by atoms with Crippen LogP contribution in [0.1, 0.15) is 22.1 Å². The maximum absolute atomic E-state index is 12.2. The lowest BCUT2D eigenvalue weighted by molar-refractivity contribution is -0.155. The zero-order valence-electron chi connectivity index (χ0n) is 14.4. The third kappa shape index (κ3) is 3.51. The minimum atomic E-state index is -2.23. The number of amides is 1. The van der Waals surface area contributed by atoms with Gasteiger partial charge in [-0.25, -0.2) is 15.0 Å². The van der Waals surface area contributed by atoms with Crippen molar-refractivity contribution in [2.24, 2.45) is 5.10 Å². The van der Waals surface area contributed by atoms with Crippen LogP contribution in [0, 0.1) is 0 Å². The molecule has 2 unspecified atom stereocenters. The highest BCUT2D eigenvalue weighted by atomic mass is 35.5. The number of fused-ring (bicyclic) bond motifs is 1. The van der Waals surface area contributed by atoms with Gasteiger partial charge in [0.2, 0.25) is 5.60 Å². The molecule has 7 nitrogen and oxygen atoms in total. The molecule has 0 fully saturated rings. The van der Waals surface area contributed by atoms with Crippen LogP contribution in [0.4, 0.5) is 4.79 Å². The molecule has 8 heteroatoms. The maximum atomic E-state index is 12.2. The van der Waals surface area contributed by atoms with Crippen molar-refractivity contribution in [3.05, 3.63) is 71.3 Å². The first-order valence-electron chi connectivity index (χ1n) is 8.07. The van der Waals surface area contributed by atoms with Crippen molar-refractivity contribution < 1.29 is 24.2 Å². The molecule has 2 atom stereocenters.